The second-order valence-corrected chi connectivity index (χ2v) is 3.56. The van der Waals surface area contributed by atoms with Gasteiger partial charge in [-0.2, -0.15) is 0 Å². The van der Waals surface area contributed by atoms with Crippen LogP contribution in [0, 0.1) is 5.41 Å². The predicted octanol–water partition coefficient (Wildman–Crippen LogP) is 0.923. The van der Waals surface area contributed by atoms with Gasteiger partial charge in [-0.25, -0.2) is 0 Å². The van der Waals surface area contributed by atoms with Gasteiger partial charge in [0.15, 0.2) is 0 Å². The Morgan fingerprint density at radius 1 is 1.64 bits per heavy atom. The van der Waals surface area contributed by atoms with Crippen molar-refractivity contribution in [1.82, 2.24) is 0 Å². The third-order valence-electron chi connectivity index (χ3n) is 1.57. The molecule has 0 bridgehead atoms. The summed E-state index contributed by atoms with van der Waals surface area (Å²) in [6, 6.07) is 0.0316. The summed E-state index contributed by atoms with van der Waals surface area (Å²) in [5.41, 5.74) is 5.11. The molecule has 3 heteroatoms. The molecule has 0 saturated carbocycles. The Balaban J connectivity index is 4.09. The number of methoxy groups -OCH3 is 1. The molecule has 0 aliphatic carbocycles. The van der Waals surface area contributed by atoms with Crippen LogP contribution in [-0.4, -0.2) is 19.1 Å². The molecule has 0 spiro atoms. The van der Waals surface area contributed by atoms with Crippen LogP contribution >= 0.6 is 0 Å². The first-order valence-corrected chi connectivity index (χ1v) is 3.74. The lowest BCUT2D eigenvalue weighted by atomic mass is 9.86. The van der Waals surface area contributed by atoms with E-state index in [1.54, 1.807) is 0 Å². The van der Waals surface area contributed by atoms with Gasteiger partial charge < -0.3 is 10.5 Å². The molecule has 0 aromatic heterocycles. The van der Waals surface area contributed by atoms with Crippen LogP contribution in [0.5, 0.6) is 0 Å². The van der Waals surface area contributed by atoms with E-state index >= 15 is 0 Å². The first-order chi connectivity index (χ1) is 4.90. The summed E-state index contributed by atoms with van der Waals surface area (Å²) >= 11 is 0. The summed E-state index contributed by atoms with van der Waals surface area (Å²) in [4.78, 5) is 11.1. The van der Waals surface area contributed by atoms with Gasteiger partial charge >= 0.3 is 5.97 Å². The minimum atomic E-state index is -0.455. The predicted molar refractivity (Wildman–Crippen MR) is 44.1 cm³/mol. The first kappa shape index (κ1) is 10.4. The topological polar surface area (TPSA) is 52.3 Å². The molecule has 1 atom stereocenters. The Morgan fingerprint density at radius 2 is 2.09 bits per heavy atom. The fraction of sp³-hybridized carbons (Fsp3) is 0.875. The maximum Gasteiger partial charge on any atom is 0.311 e. The van der Waals surface area contributed by atoms with E-state index in [0.29, 0.717) is 6.42 Å². The third kappa shape index (κ3) is 3.37. The lowest BCUT2D eigenvalue weighted by Crippen LogP contribution is -2.32. The molecule has 2 N–H and O–H groups in total. The Labute approximate surface area is 67.9 Å². The van der Waals surface area contributed by atoms with Gasteiger partial charge in [0.25, 0.3) is 0 Å². The molecule has 3 nitrogen and oxygen atoms in total. The van der Waals surface area contributed by atoms with Crippen molar-refractivity contribution in [2.45, 2.75) is 33.2 Å². The maximum absolute atomic E-state index is 11.1. The number of carbonyl (C=O) groups is 1. The van der Waals surface area contributed by atoms with Gasteiger partial charge in [0, 0.05) is 6.04 Å². The normalized spacial score (nSPS) is 14.3. The molecule has 11 heavy (non-hydrogen) atoms. The number of esters is 1. The average molecular weight is 159 g/mol. The van der Waals surface area contributed by atoms with E-state index in [2.05, 4.69) is 4.74 Å². The number of hydrogen-bond acceptors (Lipinski definition) is 3. The van der Waals surface area contributed by atoms with Gasteiger partial charge in [-0.05, 0) is 27.2 Å². The van der Waals surface area contributed by atoms with Crippen LogP contribution in [0.2, 0.25) is 0 Å². The van der Waals surface area contributed by atoms with Crippen molar-refractivity contribution < 1.29 is 9.53 Å². The van der Waals surface area contributed by atoms with Crippen LogP contribution in [0.15, 0.2) is 0 Å². The molecule has 1 unspecified atom stereocenters. The molecule has 66 valence electrons. The molecule has 0 radical (unpaired) electrons. The summed E-state index contributed by atoms with van der Waals surface area (Å²) in [5, 5.41) is 0. The summed E-state index contributed by atoms with van der Waals surface area (Å²) in [6.45, 7) is 5.55. The van der Waals surface area contributed by atoms with Crippen molar-refractivity contribution in [3.63, 3.8) is 0 Å². The Kier molecular flexibility index (Phi) is 3.52. The van der Waals surface area contributed by atoms with Gasteiger partial charge in [-0.3, -0.25) is 4.79 Å². The lowest BCUT2D eigenvalue weighted by Gasteiger charge is -2.22. The van der Waals surface area contributed by atoms with Crippen molar-refractivity contribution in [2.24, 2.45) is 11.1 Å². The highest BCUT2D eigenvalue weighted by atomic mass is 16.5. The Bertz CT molecular complexity index is 141. The molecule has 0 saturated heterocycles. The molecule has 0 heterocycles. The number of carbonyl (C=O) groups excluding carboxylic acids is 1. The highest BCUT2D eigenvalue weighted by Crippen LogP contribution is 2.22. The van der Waals surface area contributed by atoms with Crippen molar-refractivity contribution in [1.29, 1.82) is 0 Å². The summed E-state index contributed by atoms with van der Waals surface area (Å²) in [6.07, 6.45) is 0.652. The molecular weight excluding hydrogens is 142 g/mol. The van der Waals surface area contributed by atoms with E-state index in [1.807, 2.05) is 20.8 Å². The van der Waals surface area contributed by atoms with Gasteiger partial charge in [0.1, 0.15) is 0 Å². The lowest BCUT2D eigenvalue weighted by molar-refractivity contribution is -0.151. The van der Waals surface area contributed by atoms with Crippen LogP contribution in [0.1, 0.15) is 27.2 Å². The highest BCUT2D eigenvalue weighted by Gasteiger charge is 2.29. The number of hydrogen-bond donors (Lipinski definition) is 1. The van der Waals surface area contributed by atoms with Crippen molar-refractivity contribution in [3.05, 3.63) is 0 Å². The van der Waals surface area contributed by atoms with E-state index in [1.165, 1.54) is 7.11 Å². The maximum atomic E-state index is 11.1. The zero-order valence-corrected chi connectivity index (χ0v) is 7.68. The zero-order valence-electron chi connectivity index (χ0n) is 7.68. The SMILES string of the molecule is COC(=O)C(C)(C)CC(C)N. The quantitative estimate of drug-likeness (QED) is 0.623. The molecule has 0 rings (SSSR count). The monoisotopic (exact) mass is 159 g/mol. The molecule has 0 aromatic rings. The smallest absolute Gasteiger partial charge is 0.311 e. The van der Waals surface area contributed by atoms with E-state index in [9.17, 15) is 4.79 Å². The Morgan fingerprint density at radius 3 is 2.36 bits per heavy atom. The van der Waals surface area contributed by atoms with Crippen LogP contribution in [-0.2, 0) is 9.53 Å². The second kappa shape index (κ2) is 3.72. The largest absolute Gasteiger partial charge is 0.469 e. The summed E-state index contributed by atoms with van der Waals surface area (Å²) in [5.74, 6) is -0.199. The minimum absolute atomic E-state index is 0.0316. The molecule has 0 amide bonds. The van der Waals surface area contributed by atoms with Gasteiger partial charge in [0.05, 0.1) is 12.5 Å². The number of nitrogens with two attached hydrogens (primary N) is 1. The standard InChI is InChI=1S/C8H17NO2/c1-6(9)5-8(2,3)7(10)11-4/h6H,5,9H2,1-4H3. The van der Waals surface area contributed by atoms with E-state index in [4.69, 9.17) is 5.73 Å². The molecule has 0 fully saturated rings. The number of ether oxygens (including phenoxy) is 1. The second-order valence-electron chi connectivity index (χ2n) is 3.56. The van der Waals surface area contributed by atoms with Crippen molar-refractivity contribution in [2.75, 3.05) is 7.11 Å². The van der Waals surface area contributed by atoms with Crippen LogP contribution in [0.25, 0.3) is 0 Å². The van der Waals surface area contributed by atoms with E-state index in [-0.39, 0.29) is 12.0 Å². The van der Waals surface area contributed by atoms with Gasteiger partial charge in [-0.1, -0.05) is 0 Å². The molecule has 0 aliphatic rings. The first-order valence-electron chi connectivity index (χ1n) is 3.74. The third-order valence-corrected chi connectivity index (χ3v) is 1.57. The van der Waals surface area contributed by atoms with Crippen LogP contribution in [0.4, 0.5) is 0 Å². The fourth-order valence-corrected chi connectivity index (χ4v) is 1.16. The molecule has 0 aromatic carbocycles. The van der Waals surface area contributed by atoms with Gasteiger partial charge in [0.2, 0.25) is 0 Å². The average Bonchev–Trinajstić information content (AvgIpc) is 1.83. The highest BCUT2D eigenvalue weighted by molar-refractivity contribution is 5.75. The summed E-state index contributed by atoms with van der Waals surface area (Å²) < 4.78 is 4.62. The summed E-state index contributed by atoms with van der Waals surface area (Å²) in [7, 11) is 1.39. The van der Waals surface area contributed by atoms with Gasteiger partial charge in [-0.15, -0.1) is 0 Å². The molecular formula is C8H17NO2. The van der Waals surface area contributed by atoms with Crippen LogP contribution < -0.4 is 5.73 Å². The zero-order chi connectivity index (χ0) is 9.07. The van der Waals surface area contributed by atoms with E-state index < -0.39 is 5.41 Å². The van der Waals surface area contributed by atoms with Crippen molar-refractivity contribution >= 4 is 5.97 Å². The molecule has 0 aliphatic heterocycles. The minimum Gasteiger partial charge on any atom is -0.469 e. The van der Waals surface area contributed by atoms with Crippen molar-refractivity contribution in [3.8, 4) is 0 Å². The number of rotatable bonds is 3. The fourth-order valence-electron chi connectivity index (χ4n) is 1.16. The van der Waals surface area contributed by atoms with E-state index in [0.717, 1.165) is 0 Å². The Hall–Kier alpha value is -0.570. The van der Waals surface area contributed by atoms with Crippen LogP contribution in [0.3, 0.4) is 0 Å².